The van der Waals surface area contributed by atoms with E-state index in [2.05, 4.69) is 26.3 Å². The minimum Gasteiger partial charge on any atom is -0.488 e. The molecule has 0 fully saturated rings. The fourth-order valence-electron chi connectivity index (χ4n) is 2.78. The number of carbonyl (C=O) groups is 1. The van der Waals surface area contributed by atoms with Gasteiger partial charge in [0.1, 0.15) is 12.4 Å². The molecular formula is C21H22BrN3O2. The lowest BCUT2D eigenvalue weighted by Crippen LogP contribution is -2.23. The summed E-state index contributed by atoms with van der Waals surface area (Å²) in [5, 5.41) is 7.27. The van der Waals surface area contributed by atoms with Crippen molar-refractivity contribution in [3.05, 3.63) is 81.6 Å². The zero-order valence-corrected chi connectivity index (χ0v) is 17.0. The maximum absolute atomic E-state index is 12.5. The summed E-state index contributed by atoms with van der Waals surface area (Å²) < 4.78 is 8.65. The van der Waals surface area contributed by atoms with E-state index < -0.39 is 0 Å². The van der Waals surface area contributed by atoms with Gasteiger partial charge in [-0.05, 0) is 59.6 Å². The fourth-order valence-corrected chi connectivity index (χ4v) is 3.18. The Labute approximate surface area is 167 Å². The van der Waals surface area contributed by atoms with E-state index in [0.29, 0.717) is 18.7 Å². The van der Waals surface area contributed by atoms with Crippen LogP contribution in [-0.4, -0.2) is 15.7 Å². The lowest BCUT2D eigenvalue weighted by atomic mass is 10.1. The molecule has 0 radical (unpaired) electrons. The number of rotatable bonds is 7. The van der Waals surface area contributed by atoms with Gasteiger partial charge in [-0.15, -0.1) is 0 Å². The molecule has 1 aromatic heterocycles. The average Bonchev–Trinajstić information content (AvgIpc) is 3.05. The molecule has 5 nitrogen and oxygen atoms in total. The summed E-state index contributed by atoms with van der Waals surface area (Å²) in [6.45, 7) is 5.73. The fraction of sp³-hybridized carbons (Fsp3) is 0.238. The highest BCUT2D eigenvalue weighted by Gasteiger charge is 2.10. The molecule has 0 atom stereocenters. The summed E-state index contributed by atoms with van der Waals surface area (Å²) in [4.78, 5) is 12.5. The predicted octanol–water partition coefficient (Wildman–Crippen LogP) is 4.48. The maximum Gasteiger partial charge on any atom is 0.251 e. The van der Waals surface area contributed by atoms with Gasteiger partial charge >= 0.3 is 0 Å². The van der Waals surface area contributed by atoms with E-state index in [-0.39, 0.29) is 5.91 Å². The Morgan fingerprint density at radius 2 is 2.04 bits per heavy atom. The number of amides is 1. The Kier molecular flexibility index (Phi) is 6.29. The first-order chi connectivity index (χ1) is 13.1. The molecule has 1 N–H and O–H groups in total. The van der Waals surface area contributed by atoms with Crippen LogP contribution in [0, 0.1) is 6.92 Å². The van der Waals surface area contributed by atoms with Crippen molar-refractivity contribution in [1.29, 1.82) is 0 Å². The third-order valence-corrected chi connectivity index (χ3v) is 5.02. The van der Waals surface area contributed by atoms with E-state index in [1.54, 1.807) is 12.3 Å². The molecule has 0 aliphatic carbocycles. The highest BCUT2D eigenvalue weighted by Crippen LogP contribution is 2.24. The molecule has 140 valence electrons. The zero-order chi connectivity index (χ0) is 19.2. The minimum absolute atomic E-state index is 0.110. The van der Waals surface area contributed by atoms with Crippen LogP contribution in [0.1, 0.15) is 34.1 Å². The molecule has 0 saturated carbocycles. The van der Waals surface area contributed by atoms with Crippen LogP contribution >= 0.6 is 15.9 Å². The standard InChI is InChI=1S/C21H22BrN3O2/c1-3-25-15(2)18(13-24-25)12-23-21(26)17-8-6-7-16(11-17)14-27-20-10-5-4-9-19(20)22/h4-11,13H,3,12,14H2,1-2H3,(H,23,26). The number of aryl methyl sites for hydroxylation is 1. The van der Waals surface area contributed by atoms with E-state index in [4.69, 9.17) is 4.74 Å². The first-order valence-corrected chi connectivity index (χ1v) is 9.63. The largest absolute Gasteiger partial charge is 0.488 e. The zero-order valence-electron chi connectivity index (χ0n) is 15.4. The van der Waals surface area contributed by atoms with Crippen LogP contribution in [0.15, 0.2) is 59.2 Å². The summed E-state index contributed by atoms with van der Waals surface area (Å²) in [6, 6.07) is 15.2. The Hall–Kier alpha value is -2.60. The van der Waals surface area contributed by atoms with Crippen molar-refractivity contribution >= 4 is 21.8 Å². The van der Waals surface area contributed by atoms with Gasteiger partial charge in [-0.25, -0.2) is 0 Å². The number of carbonyl (C=O) groups excluding carboxylic acids is 1. The van der Waals surface area contributed by atoms with Crippen molar-refractivity contribution in [2.75, 3.05) is 0 Å². The number of benzene rings is 2. The Morgan fingerprint density at radius 3 is 2.78 bits per heavy atom. The van der Waals surface area contributed by atoms with Crippen LogP contribution in [0.4, 0.5) is 0 Å². The molecule has 0 aliphatic rings. The molecule has 0 aliphatic heterocycles. The van der Waals surface area contributed by atoms with Gasteiger partial charge in [-0.2, -0.15) is 5.10 Å². The maximum atomic E-state index is 12.5. The molecule has 1 heterocycles. The van der Waals surface area contributed by atoms with E-state index in [1.165, 1.54) is 0 Å². The van der Waals surface area contributed by atoms with Gasteiger partial charge in [0, 0.05) is 29.9 Å². The summed E-state index contributed by atoms with van der Waals surface area (Å²) in [5.74, 6) is 0.664. The number of hydrogen-bond donors (Lipinski definition) is 1. The first kappa shape index (κ1) is 19.2. The molecule has 0 bridgehead atoms. The summed E-state index contributed by atoms with van der Waals surface area (Å²) in [7, 11) is 0. The number of hydrogen-bond acceptors (Lipinski definition) is 3. The predicted molar refractivity (Wildman–Crippen MR) is 109 cm³/mol. The first-order valence-electron chi connectivity index (χ1n) is 8.84. The van der Waals surface area contributed by atoms with E-state index in [9.17, 15) is 4.79 Å². The van der Waals surface area contributed by atoms with Crippen LogP contribution in [0.2, 0.25) is 0 Å². The minimum atomic E-state index is -0.110. The van der Waals surface area contributed by atoms with Crippen molar-refractivity contribution in [3.63, 3.8) is 0 Å². The third-order valence-electron chi connectivity index (χ3n) is 4.36. The SMILES string of the molecule is CCn1ncc(CNC(=O)c2cccc(COc3ccccc3Br)c2)c1C. The van der Waals surface area contributed by atoms with Crippen molar-refractivity contribution in [3.8, 4) is 5.75 Å². The average molecular weight is 428 g/mol. The second-order valence-electron chi connectivity index (χ2n) is 6.17. The van der Waals surface area contributed by atoms with Crippen molar-refractivity contribution in [2.45, 2.75) is 33.5 Å². The summed E-state index contributed by atoms with van der Waals surface area (Å²) in [5.41, 5.74) is 3.66. The second-order valence-corrected chi connectivity index (χ2v) is 7.03. The van der Waals surface area contributed by atoms with Crippen LogP contribution in [0.3, 0.4) is 0 Å². The van der Waals surface area contributed by atoms with E-state index >= 15 is 0 Å². The van der Waals surface area contributed by atoms with Gasteiger partial charge in [0.25, 0.3) is 5.91 Å². The number of para-hydroxylation sites is 1. The summed E-state index contributed by atoms with van der Waals surface area (Å²) in [6.07, 6.45) is 1.81. The van der Waals surface area contributed by atoms with Gasteiger partial charge in [-0.1, -0.05) is 24.3 Å². The molecule has 0 unspecified atom stereocenters. The quantitative estimate of drug-likeness (QED) is 0.604. The lowest BCUT2D eigenvalue weighted by molar-refractivity contribution is 0.0950. The molecule has 2 aromatic carbocycles. The van der Waals surface area contributed by atoms with Gasteiger partial charge in [-0.3, -0.25) is 9.48 Å². The number of ether oxygens (including phenoxy) is 1. The Bertz CT molecular complexity index is 937. The Morgan fingerprint density at radius 1 is 1.22 bits per heavy atom. The smallest absolute Gasteiger partial charge is 0.251 e. The molecular weight excluding hydrogens is 406 g/mol. The van der Waals surface area contributed by atoms with Crippen LogP contribution in [0.5, 0.6) is 5.75 Å². The number of nitrogens with zero attached hydrogens (tertiary/aromatic N) is 2. The molecule has 3 aromatic rings. The van der Waals surface area contributed by atoms with Gasteiger partial charge < -0.3 is 10.1 Å². The monoisotopic (exact) mass is 427 g/mol. The normalized spacial score (nSPS) is 10.6. The highest BCUT2D eigenvalue weighted by atomic mass is 79.9. The Balaban J connectivity index is 1.61. The van der Waals surface area contributed by atoms with Crippen LogP contribution in [0.25, 0.3) is 0 Å². The third kappa shape index (κ3) is 4.77. The summed E-state index contributed by atoms with van der Waals surface area (Å²) >= 11 is 3.47. The second kappa shape index (κ2) is 8.86. The molecule has 6 heteroatoms. The highest BCUT2D eigenvalue weighted by molar-refractivity contribution is 9.10. The number of aromatic nitrogens is 2. The van der Waals surface area contributed by atoms with Gasteiger partial charge in [0.05, 0.1) is 10.7 Å². The lowest BCUT2D eigenvalue weighted by Gasteiger charge is -2.10. The van der Waals surface area contributed by atoms with Gasteiger partial charge in [0.15, 0.2) is 0 Å². The van der Waals surface area contributed by atoms with E-state index in [1.807, 2.05) is 61.0 Å². The van der Waals surface area contributed by atoms with Crippen molar-refractivity contribution < 1.29 is 9.53 Å². The molecule has 0 saturated heterocycles. The molecule has 0 spiro atoms. The van der Waals surface area contributed by atoms with Crippen molar-refractivity contribution in [1.82, 2.24) is 15.1 Å². The van der Waals surface area contributed by atoms with Crippen LogP contribution in [-0.2, 0) is 19.7 Å². The van der Waals surface area contributed by atoms with Gasteiger partial charge in [0.2, 0.25) is 0 Å². The molecule has 27 heavy (non-hydrogen) atoms. The molecule has 3 rings (SSSR count). The van der Waals surface area contributed by atoms with Crippen LogP contribution < -0.4 is 10.1 Å². The van der Waals surface area contributed by atoms with Crippen molar-refractivity contribution in [2.24, 2.45) is 0 Å². The number of halogens is 1. The topological polar surface area (TPSA) is 56.2 Å². The number of nitrogens with one attached hydrogen (secondary N) is 1. The molecule has 1 amide bonds. The van der Waals surface area contributed by atoms with E-state index in [0.717, 1.165) is 33.6 Å².